The number of aromatic hydroxyl groups is 1. The number of carboxylic acids is 1. The number of hydrogen-bond acceptors (Lipinski definition) is 16. The number of hydrogen-bond donors (Lipinski definition) is 17. The van der Waals surface area contributed by atoms with Gasteiger partial charge < -0.3 is 96.0 Å². The molecule has 31 nitrogen and oxygen atoms in total. The summed E-state index contributed by atoms with van der Waals surface area (Å²) in [5.74, 6) is -12.5. The number of aromatic amines is 1. The molecule has 1 aliphatic heterocycles. The van der Waals surface area contributed by atoms with Gasteiger partial charge in [-0.25, -0.2) is 4.79 Å². The van der Waals surface area contributed by atoms with Crippen LogP contribution in [0, 0.1) is 29.6 Å². The number of carbonyl (C=O) groups is 12. The summed E-state index contributed by atoms with van der Waals surface area (Å²) in [5.41, 5.74) is 23.9. The van der Waals surface area contributed by atoms with Crippen molar-refractivity contribution in [3.8, 4) is 5.75 Å². The molecule has 542 valence electrons. The first-order valence-electron chi connectivity index (χ1n) is 33.4. The molecule has 0 bridgehead atoms. The molecule has 0 aliphatic carbocycles. The number of aromatic nitrogens is 1. The summed E-state index contributed by atoms with van der Waals surface area (Å²) in [5, 5.41) is 55.6. The molecule has 0 radical (unpaired) electrons. The van der Waals surface area contributed by atoms with Crippen LogP contribution in [0.15, 0.2) is 59.7 Å². The summed E-state index contributed by atoms with van der Waals surface area (Å²) in [7, 11) is 0. The molecule has 21 N–H and O–H groups in total. The second-order valence-electron chi connectivity index (χ2n) is 27.0. The van der Waals surface area contributed by atoms with Crippen molar-refractivity contribution in [1.82, 2.24) is 57.7 Å². The Hall–Kier alpha value is -9.39. The van der Waals surface area contributed by atoms with Gasteiger partial charge in [-0.2, -0.15) is 0 Å². The Morgan fingerprint density at radius 1 is 0.571 bits per heavy atom. The number of aliphatic hydroxyl groups excluding tert-OH is 1. The number of rotatable bonds is 39. The minimum absolute atomic E-state index is 0.00442. The molecule has 12 atom stereocenters. The molecule has 31 heteroatoms. The smallest absolute Gasteiger partial charge is 0.326 e. The van der Waals surface area contributed by atoms with Crippen molar-refractivity contribution in [2.75, 3.05) is 13.1 Å². The number of para-hydroxylation sites is 1. The number of H-pyrrole nitrogens is 1. The van der Waals surface area contributed by atoms with E-state index < -0.39 is 174 Å². The number of fused-ring (bicyclic) bond motifs is 1. The predicted octanol–water partition coefficient (Wildman–Crippen LogP) is -0.815. The average Bonchev–Trinajstić information content (AvgIpc) is 1.63. The van der Waals surface area contributed by atoms with Crippen LogP contribution in [0.25, 0.3) is 10.9 Å². The lowest BCUT2D eigenvalue weighted by atomic mass is 9.96. The number of phenolic OH excluding ortho intramolecular Hbond substituents is 1. The number of phenols is 1. The summed E-state index contributed by atoms with van der Waals surface area (Å²) in [6, 6.07) is -2.02. The minimum Gasteiger partial charge on any atom is -0.508 e. The van der Waals surface area contributed by atoms with Gasteiger partial charge in [0.05, 0.1) is 12.1 Å². The van der Waals surface area contributed by atoms with Crippen LogP contribution < -0.4 is 70.8 Å². The second kappa shape index (κ2) is 38.5. The zero-order chi connectivity index (χ0) is 73.4. The highest BCUT2D eigenvalue weighted by Gasteiger charge is 2.42. The molecule has 1 fully saturated rings. The molecule has 1 aromatic heterocycles. The second-order valence-corrected chi connectivity index (χ2v) is 27.0. The van der Waals surface area contributed by atoms with Crippen LogP contribution in [-0.2, 0) is 70.4 Å². The summed E-state index contributed by atoms with van der Waals surface area (Å²) < 4.78 is 0. The maximum atomic E-state index is 15.2. The lowest BCUT2D eigenvalue weighted by Gasteiger charge is -2.32. The fourth-order valence-electron chi connectivity index (χ4n) is 11.3. The van der Waals surface area contributed by atoms with E-state index in [-0.39, 0.29) is 81.6 Å². The van der Waals surface area contributed by atoms with E-state index in [2.05, 4.69) is 57.8 Å². The van der Waals surface area contributed by atoms with Crippen molar-refractivity contribution in [1.29, 1.82) is 0 Å². The highest BCUT2D eigenvalue weighted by atomic mass is 16.4. The SMILES string of the molecule is CC(C)C[C@H](NC(=O)[C@@H](N)CC(C)C)C(=O)N[C@H](C(=O)N[C@H](C(=O)N[C@H](C(=O)N[C@@H](Cc1ccc(O)cc1)C(=O)N1CCC[C@H]1C(=O)N[C@@H](Cc1c[nH]c2ccccc12)C(=O)N[C@H](C(=O)N[C@@H](CCC(N)=O)C(=O)N[C@@H](CCCN=C(N)N)C(=O)O)[C@@H](C)O)C(C)C)C(C)C)C(C)C. The van der Waals surface area contributed by atoms with Crippen LogP contribution in [-0.4, -0.2) is 188 Å². The number of likely N-dealkylation sites (tertiary alicyclic amines) is 1. The number of nitrogens with one attached hydrogen (secondary N) is 10. The van der Waals surface area contributed by atoms with Crippen LogP contribution in [0.3, 0.4) is 0 Å². The molecule has 0 saturated carbocycles. The van der Waals surface area contributed by atoms with Crippen LogP contribution in [0.5, 0.6) is 5.75 Å². The summed E-state index contributed by atoms with van der Waals surface area (Å²) >= 11 is 0. The number of nitrogens with zero attached hydrogens (tertiary/aromatic N) is 2. The molecule has 0 spiro atoms. The lowest BCUT2D eigenvalue weighted by molar-refractivity contribution is -0.143. The number of primary amides is 1. The zero-order valence-electron chi connectivity index (χ0n) is 57.9. The third kappa shape index (κ3) is 25.2. The van der Waals surface area contributed by atoms with E-state index in [0.29, 0.717) is 28.5 Å². The molecule has 2 aromatic carbocycles. The number of nitrogens with two attached hydrogens (primary N) is 4. The van der Waals surface area contributed by atoms with Gasteiger partial charge in [0.1, 0.15) is 66.2 Å². The zero-order valence-corrected chi connectivity index (χ0v) is 57.9. The van der Waals surface area contributed by atoms with Gasteiger partial charge in [-0.1, -0.05) is 99.6 Å². The van der Waals surface area contributed by atoms with Crippen LogP contribution in [0.2, 0.25) is 0 Å². The number of aliphatic hydroxyl groups is 1. The van der Waals surface area contributed by atoms with Crippen molar-refractivity contribution in [2.24, 2.45) is 57.5 Å². The Balaban J connectivity index is 1.62. The molecule has 2 heterocycles. The fourth-order valence-corrected chi connectivity index (χ4v) is 11.3. The molecule has 3 aromatic rings. The van der Waals surface area contributed by atoms with Crippen molar-refractivity contribution < 1.29 is 72.9 Å². The largest absolute Gasteiger partial charge is 0.508 e. The summed E-state index contributed by atoms with van der Waals surface area (Å²) in [6.07, 6.45) is -0.436. The first-order valence-corrected chi connectivity index (χ1v) is 33.4. The number of amides is 11. The van der Waals surface area contributed by atoms with Gasteiger partial charge in [-0.15, -0.1) is 0 Å². The van der Waals surface area contributed by atoms with E-state index in [9.17, 15) is 68.1 Å². The van der Waals surface area contributed by atoms with Gasteiger partial charge in [-0.05, 0) is 111 Å². The van der Waals surface area contributed by atoms with E-state index in [1.165, 1.54) is 29.2 Å². The first-order chi connectivity index (χ1) is 46.0. The van der Waals surface area contributed by atoms with Gasteiger partial charge in [0.2, 0.25) is 65.0 Å². The van der Waals surface area contributed by atoms with Crippen LogP contribution in [0.1, 0.15) is 139 Å². The number of aliphatic imine (C=N–C) groups is 1. The molecule has 98 heavy (non-hydrogen) atoms. The number of guanidine groups is 1. The van der Waals surface area contributed by atoms with Gasteiger partial charge in [0, 0.05) is 49.5 Å². The number of aliphatic carboxylic acids is 1. The van der Waals surface area contributed by atoms with E-state index in [0.717, 1.165) is 6.92 Å². The third-order valence-corrected chi connectivity index (χ3v) is 16.6. The maximum Gasteiger partial charge on any atom is 0.326 e. The van der Waals surface area contributed by atoms with Crippen LogP contribution >= 0.6 is 0 Å². The molecular weight excluding hydrogens is 1270 g/mol. The normalized spacial score (nSPS) is 16.4. The molecule has 4 rings (SSSR count). The predicted molar refractivity (Wildman–Crippen MR) is 365 cm³/mol. The van der Waals surface area contributed by atoms with Crippen LogP contribution in [0.4, 0.5) is 0 Å². The number of carbonyl (C=O) groups excluding carboxylic acids is 11. The van der Waals surface area contributed by atoms with Crippen molar-refractivity contribution in [2.45, 2.75) is 213 Å². The number of benzene rings is 2. The van der Waals surface area contributed by atoms with E-state index in [1.807, 2.05) is 27.7 Å². The Bertz CT molecular complexity index is 3280. The van der Waals surface area contributed by atoms with Crippen molar-refractivity contribution in [3.63, 3.8) is 0 Å². The fraction of sp³-hybridized carbons (Fsp3) is 0.597. The average molecular weight is 1370 g/mol. The molecule has 1 saturated heterocycles. The molecule has 11 amide bonds. The number of carboxylic acid groups (broad SMARTS) is 1. The maximum absolute atomic E-state index is 15.2. The first kappa shape index (κ1) is 81.0. The Morgan fingerprint density at radius 3 is 1.61 bits per heavy atom. The molecular formula is C67H104N16O15. The standard InChI is InChI=1S/C67H104N16O15/c1-33(2)28-43(68)56(87)76-47(29-34(3)4)58(89)79-53(36(7)8)62(93)81-54(37(9)10)63(94)80-52(35(5)6)61(92)78-49(30-39-20-22-41(85)23-21-39)65(96)83-27-15-19-50(83)60(91)77-48(31-40-32-73-44-17-13-12-16-42(40)44)59(90)82-55(38(11)84)64(95)74-45(24-25-51(69)86)57(88)75-46(66(97)98)18-14-26-72-67(70)71/h12-13,16-17,20-23,32-38,43,45-50,52-55,73,84-85H,14-15,18-19,24-31,68H2,1-11H3,(H2,69,86)(H,74,95)(H,75,88)(H,76,87)(H,77,91)(H,78,92)(H,79,89)(H,80,94)(H,81,93)(H,82,90)(H,97,98)(H4,70,71,72)/t38-,43+,45+,46+,47+,48+,49+,50+,52+,53+,54+,55+/m1/s1. The van der Waals surface area contributed by atoms with Crippen molar-refractivity contribution in [3.05, 3.63) is 65.9 Å². The molecule has 1 aliphatic rings. The van der Waals surface area contributed by atoms with Gasteiger partial charge in [0.15, 0.2) is 5.96 Å². The Morgan fingerprint density at radius 2 is 1.07 bits per heavy atom. The van der Waals surface area contributed by atoms with E-state index in [1.54, 1.807) is 72.0 Å². The topological polar surface area (TPSA) is 509 Å². The Labute approximate surface area is 571 Å². The Kier molecular flexibility index (Phi) is 31.9. The lowest BCUT2D eigenvalue weighted by Crippen LogP contribution is -2.62. The molecule has 0 unspecified atom stereocenters. The van der Waals surface area contributed by atoms with E-state index >= 15 is 4.79 Å². The highest BCUT2D eigenvalue weighted by Crippen LogP contribution is 2.24. The van der Waals surface area contributed by atoms with Gasteiger partial charge >= 0.3 is 5.97 Å². The minimum atomic E-state index is -1.85. The third-order valence-electron chi connectivity index (χ3n) is 16.6. The summed E-state index contributed by atoms with van der Waals surface area (Å²) in [4.78, 5) is 175. The van der Waals surface area contributed by atoms with Gasteiger partial charge in [-0.3, -0.25) is 57.7 Å². The van der Waals surface area contributed by atoms with Crippen molar-refractivity contribution >= 4 is 87.8 Å². The quantitative estimate of drug-likeness (QED) is 0.0189. The highest BCUT2D eigenvalue weighted by molar-refractivity contribution is 6.00. The monoisotopic (exact) mass is 1370 g/mol. The summed E-state index contributed by atoms with van der Waals surface area (Å²) in [6.45, 7) is 18.8. The van der Waals surface area contributed by atoms with E-state index in [4.69, 9.17) is 22.9 Å². The van der Waals surface area contributed by atoms with Gasteiger partial charge in [0.25, 0.3) is 0 Å².